The zero-order valence-corrected chi connectivity index (χ0v) is 13.4. The van der Waals surface area contributed by atoms with Crippen molar-refractivity contribution in [2.24, 2.45) is 0 Å². The van der Waals surface area contributed by atoms with Crippen LogP contribution in [0.5, 0.6) is 5.75 Å². The van der Waals surface area contributed by atoms with Gasteiger partial charge in [-0.05, 0) is 30.3 Å². The number of hydrogen-bond donors (Lipinski definition) is 2. The maximum Gasteiger partial charge on any atom is 0.262 e. The van der Waals surface area contributed by atoms with Gasteiger partial charge in [-0.25, -0.2) is 4.98 Å². The van der Waals surface area contributed by atoms with Gasteiger partial charge in [-0.2, -0.15) is 0 Å². The number of nitrogens with zero attached hydrogens (tertiary/aromatic N) is 1. The normalized spacial score (nSPS) is 13.1. The summed E-state index contributed by atoms with van der Waals surface area (Å²) in [4.78, 5) is 28.2. The van der Waals surface area contributed by atoms with Crippen LogP contribution >= 0.6 is 11.3 Å². The Morgan fingerprint density at radius 1 is 1.29 bits per heavy atom. The Morgan fingerprint density at radius 3 is 3.04 bits per heavy atom. The van der Waals surface area contributed by atoms with Gasteiger partial charge >= 0.3 is 0 Å². The molecule has 0 bridgehead atoms. The molecular formula is C17H13N3O3S. The van der Waals surface area contributed by atoms with Crippen molar-refractivity contribution in [1.29, 1.82) is 0 Å². The number of amides is 2. The summed E-state index contributed by atoms with van der Waals surface area (Å²) >= 11 is 1.55. The molecule has 1 aliphatic heterocycles. The molecule has 2 heterocycles. The van der Waals surface area contributed by atoms with E-state index < -0.39 is 0 Å². The van der Waals surface area contributed by atoms with Gasteiger partial charge < -0.3 is 15.4 Å². The van der Waals surface area contributed by atoms with Crippen LogP contribution < -0.4 is 15.4 Å². The number of ether oxygens (including phenoxy) is 1. The summed E-state index contributed by atoms with van der Waals surface area (Å²) in [6.07, 6.45) is 0. The molecule has 3 aromatic rings. The zero-order chi connectivity index (χ0) is 16.5. The maximum absolute atomic E-state index is 12.3. The number of fused-ring (bicyclic) bond motifs is 2. The van der Waals surface area contributed by atoms with Gasteiger partial charge in [0.05, 0.1) is 22.4 Å². The highest BCUT2D eigenvalue weighted by atomic mass is 32.1. The number of carbonyl (C=O) groups is 2. The van der Waals surface area contributed by atoms with Crippen molar-refractivity contribution in [3.63, 3.8) is 0 Å². The second-order valence-electron chi connectivity index (χ2n) is 5.31. The molecule has 0 atom stereocenters. The predicted octanol–water partition coefficient (Wildman–Crippen LogP) is 2.56. The molecule has 2 aromatic carbocycles. The van der Waals surface area contributed by atoms with Crippen LogP contribution in [0.15, 0.2) is 42.5 Å². The Balaban J connectivity index is 1.48. The molecule has 24 heavy (non-hydrogen) atoms. The molecule has 0 radical (unpaired) electrons. The molecule has 6 nitrogen and oxygen atoms in total. The van der Waals surface area contributed by atoms with Gasteiger partial charge in [0.15, 0.2) is 6.61 Å². The molecule has 4 rings (SSSR count). The van der Waals surface area contributed by atoms with E-state index in [1.54, 1.807) is 29.5 Å². The van der Waals surface area contributed by atoms with Gasteiger partial charge in [-0.3, -0.25) is 9.59 Å². The predicted molar refractivity (Wildman–Crippen MR) is 91.4 cm³/mol. The van der Waals surface area contributed by atoms with Gasteiger partial charge in [0, 0.05) is 5.56 Å². The summed E-state index contributed by atoms with van der Waals surface area (Å²) in [6, 6.07) is 12.8. The first kappa shape index (κ1) is 14.6. The molecule has 0 aliphatic carbocycles. The third-order valence-electron chi connectivity index (χ3n) is 3.61. The molecule has 2 amide bonds. The first-order valence-corrected chi connectivity index (χ1v) is 8.20. The fourth-order valence-electron chi connectivity index (χ4n) is 2.48. The second kappa shape index (κ2) is 5.93. The lowest BCUT2D eigenvalue weighted by Crippen LogP contribution is -2.27. The molecule has 120 valence electrons. The van der Waals surface area contributed by atoms with Crippen LogP contribution in [0.2, 0.25) is 0 Å². The van der Waals surface area contributed by atoms with E-state index in [0.29, 0.717) is 23.5 Å². The quantitative estimate of drug-likeness (QED) is 0.768. The minimum atomic E-state index is -0.227. The van der Waals surface area contributed by atoms with Crippen molar-refractivity contribution < 1.29 is 14.3 Å². The van der Waals surface area contributed by atoms with E-state index in [2.05, 4.69) is 15.6 Å². The molecular weight excluding hydrogens is 326 g/mol. The second-order valence-corrected chi connectivity index (χ2v) is 6.42. The lowest BCUT2D eigenvalue weighted by molar-refractivity contribution is -0.118. The first-order valence-electron chi connectivity index (χ1n) is 7.38. The standard InChI is InChI=1S/C17H13N3O3S/c21-15-9-23-13-6-5-10(7-12(13)19-15)17(22)18-8-16-20-11-3-1-2-4-14(11)24-16/h1-7H,8-9H2,(H,18,22)(H,19,21). The SMILES string of the molecule is O=C1COc2ccc(C(=O)NCc3nc4ccccc4s3)cc2N1. The van der Waals surface area contributed by atoms with Gasteiger partial charge in [0.25, 0.3) is 11.8 Å². The lowest BCUT2D eigenvalue weighted by Gasteiger charge is -2.18. The van der Waals surface area contributed by atoms with Crippen molar-refractivity contribution in [3.05, 3.63) is 53.0 Å². The fraction of sp³-hybridized carbons (Fsp3) is 0.118. The van der Waals surface area contributed by atoms with Crippen molar-refractivity contribution in [1.82, 2.24) is 10.3 Å². The van der Waals surface area contributed by atoms with Crippen molar-refractivity contribution in [2.75, 3.05) is 11.9 Å². The molecule has 0 saturated carbocycles. The van der Waals surface area contributed by atoms with Crippen LogP contribution in [0.3, 0.4) is 0 Å². The Kier molecular flexibility index (Phi) is 3.62. The smallest absolute Gasteiger partial charge is 0.262 e. The van der Waals surface area contributed by atoms with Gasteiger partial charge in [-0.1, -0.05) is 12.1 Å². The number of carbonyl (C=O) groups excluding carboxylic acids is 2. The van der Waals surface area contributed by atoms with E-state index in [1.165, 1.54) is 0 Å². The van der Waals surface area contributed by atoms with Crippen LogP contribution in [0.1, 0.15) is 15.4 Å². The Bertz CT molecular complexity index is 918. The Morgan fingerprint density at radius 2 is 2.17 bits per heavy atom. The first-order chi connectivity index (χ1) is 11.7. The van der Waals surface area contributed by atoms with E-state index >= 15 is 0 Å². The van der Waals surface area contributed by atoms with E-state index in [-0.39, 0.29) is 18.4 Å². The molecule has 0 saturated heterocycles. The average molecular weight is 339 g/mol. The number of anilines is 1. The molecule has 1 aromatic heterocycles. The third kappa shape index (κ3) is 2.81. The number of nitrogens with one attached hydrogen (secondary N) is 2. The lowest BCUT2D eigenvalue weighted by atomic mass is 10.1. The van der Waals surface area contributed by atoms with Gasteiger partial charge in [-0.15, -0.1) is 11.3 Å². The molecule has 2 N–H and O–H groups in total. The highest BCUT2D eigenvalue weighted by Gasteiger charge is 2.18. The maximum atomic E-state index is 12.3. The van der Waals surface area contributed by atoms with Crippen molar-refractivity contribution in [3.8, 4) is 5.75 Å². The van der Waals surface area contributed by atoms with E-state index in [9.17, 15) is 9.59 Å². The number of para-hydroxylation sites is 1. The molecule has 0 spiro atoms. The minimum Gasteiger partial charge on any atom is -0.482 e. The van der Waals surface area contributed by atoms with Gasteiger partial charge in [0.1, 0.15) is 10.8 Å². The van der Waals surface area contributed by atoms with Crippen molar-refractivity contribution in [2.45, 2.75) is 6.54 Å². The summed E-state index contributed by atoms with van der Waals surface area (Å²) < 4.78 is 6.37. The molecule has 0 fully saturated rings. The van der Waals surface area contributed by atoms with Gasteiger partial charge in [0.2, 0.25) is 0 Å². The number of hydrogen-bond acceptors (Lipinski definition) is 5. The topological polar surface area (TPSA) is 80.3 Å². The van der Waals surface area contributed by atoms with E-state index in [4.69, 9.17) is 4.74 Å². The van der Waals surface area contributed by atoms with Crippen LogP contribution in [-0.4, -0.2) is 23.4 Å². The largest absolute Gasteiger partial charge is 0.482 e. The third-order valence-corrected chi connectivity index (χ3v) is 4.65. The van der Waals surface area contributed by atoms with Crippen LogP contribution in [0.4, 0.5) is 5.69 Å². The average Bonchev–Trinajstić information content (AvgIpc) is 3.02. The molecule has 7 heteroatoms. The highest BCUT2D eigenvalue weighted by Crippen LogP contribution is 2.28. The fourth-order valence-corrected chi connectivity index (χ4v) is 3.38. The Hall–Kier alpha value is -2.93. The minimum absolute atomic E-state index is 0.00382. The van der Waals surface area contributed by atoms with Crippen molar-refractivity contribution >= 4 is 39.1 Å². The summed E-state index contributed by atoms with van der Waals surface area (Å²) in [5, 5.41) is 6.39. The van der Waals surface area contributed by atoms with Crippen LogP contribution in [0, 0.1) is 0 Å². The zero-order valence-electron chi connectivity index (χ0n) is 12.5. The molecule has 0 unspecified atom stereocenters. The van der Waals surface area contributed by atoms with Crippen LogP contribution in [0.25, 0.3) is 10.2 Å². The highest BCUT2D eigenvalue weighted by molar-refractivity contribution is 7.18. The monoisotopic (exact) mass is 339 g/mol. The number of benzene rings is 2. The number of thiazole rings is 1. The number of rotatable bonds is 3. The summed E-state index contributed by atoms with van der Waals surface area (Å²) in [7, 11) is 0. The molecule has 1 aliphatic rings. The number of aromatic nitrogens is 1. The summed E-state index contributed by atoms with van der Waals surface area (Å²) in [6.45, 7) is 0.355. The summed E-state index contributed by atoms with van der Waals surface area (Å²) in [5.74, 6) is 0.115. The van der Waals surface area contributed by atoms with E-state index in [1.807, 2.05) is 24.3 Å². The summed E-state index contributed by atoms with van der Waals surface area (Å²) in [5.41, 5.74) is 1.90. The Labute approximate surface area is 141 Å². The van der Waals surface area contributed by atoms with Crippen LogP contribution in [-0.2, 0) is 11.3 Å². The van der Waals surface area contributed by atoms with E-state index in [0.717, 1.165) is 15.2 Å².